The molecule has 1 fully saturated rings. The SMILES string of the molecule is COc1ccc(C(C(=O)Cc2ccc(C(C)(C)C)cc2)N(C)C(=O)C2CCC(=O)NC2)cc1. The smallest absolute Gasteiger partial charge is 0.228 e. The number of Topliss-reactive ketones (excluding diaryl/α,β-unsaturated/α-hetero) is 1. The van der Waals surface area contributed by atoms with Crippen molar-refractivity contribution in [2.45, 2.75) is 51.5 Å². The molecule has 0 bridgehead atoms. The monoisotopic (exact) mass is 450 g/mol. The zero-order chi connectivity index (χ0) is 24.2. The molecule has 176 valence electrons. The number of carbonyl (C=O) groups is 3. The molecule has 1 N–H and O–H groups in total. The van der Waals surface area contributed by atoms with Gasteiger partial charge in [-0.1, -0.05) is 57.2 Å². The van der Waals surface area contributed by atoms with Crippen molar-refractivity contribution in [2.75, 3.05) is 20.7 Å². The molecule has 0 saturated carbocycles. The maximum atomic E-state index is 13.5. The van der Waals surface area contributed by atoms with Crippen LogP contribution < -0.4 is 10.1 Å². The molecule has 33 heavy (non-hydrogen) atoms. The van der Waals surface area contributed by atoms with Crippen molar-refractivity contribution in [1.29, 1.82) is 0 Å². The predicted octanol–water partition coefficient (Wildman–Crippen LogP) is 3.83. The number of methoxy groups -OCH3 is 1. The number of likely N-dealkylation sites (N-methyl/N-ethyl adjacent to an activating group) is 1. The normalized spacial score (nSPS) is 17.1. The number of nitrogens with one attached hydrogen (secondary N) is 1. The van der Waals surface area contributed by atoms with Crippen LogP contribution in [0.5, 0.6) is 5.75 Å². The van der Waals surface area contributed by atoms with Crippen LogP contribution in [0.1, 0.15) is 56.3 Å². The number of rotatable bonds is 7. The van der Waals surface area contributed by atoms with Gasteiger partial charge >= 0.3 is 0 Å². The number of hydrogen-bond donors (Lipinski definition) is 1. The Bertz CT molecular complexity index is 980. The Hall–Kier alpha value is -3.15. The third kappa shape index (κ3) is 6.01. The lowest BCUT2D eigenvalue weighted by molar-refractivity contribution is -0.142. The highest BCUT2D eigenvalue weighted by Crippen LogP contribution is 2.28. The molecule has 2 unspecified atom stereocenters. The molecule has 1 aliphatic heterocycles. The molecule has 2 atom stereocenters. The predicted molar refractivity (Wildman–Crippen MR) is 128 cm³/mol. The number of ether oxygens (including phenoxy) is 1. The van der Waals surface area contributed by atoms with E-state index in [4.69, 9.17) is 4.74 Å². The molecule has 1 aliphatic rings. The van der Waals surface area contributed by atoms with Gasteiger partial charge in [0, 0.05) is 26.4 Å². The van der Waals surface area contributed by atoms with E-state index < -0.39 is 6.04 Å². The molecule has 3 rings (SSSR count). The first kappa shape index (κ1) is 24.5. The lowest BCUT2D eigenvalue weighted by Crippen LogP contribution is -2.46. The summed E-state index contributed by atoms with van der Waals surface area (Å²) in [6.45, 7) is 6.77. The lowest BCUT2D eigenvalue weighted by Gasteiger charge is -2.32. The van der Waals surface area contributed by atoms with E-state index in [9.17, 15) is 14.4 Å². The molecule has 2 aromatic rings. The maximum Gasteiger partial charge on any atom is 0.228 e. The van der Waals surface area contributed by atoms with Crippen molar-refractivity contribution in [2.24, 2.45) is 5.92 Å². The van der Waals surface area contributed by atoms with Crippen molar-refractivity contribution in [3.8, 4) is 5.75 Å². The van der Waals surface area contributed by atoms with E-state index in [0.29, 0.717) is 25.1 Å². The lowest BCUT2D eigenvalue weighted by atomic mass is 9.86. The van der Waals surface area contributed by atoms with E-state index in [2.05, 4.69) is 38.2 Å². The summed E-state index contributed by atoms with van der Waals surface area (Å²) < 4.78 is 5.25. The van der Waals surface area contributed by atoms with Crippen molar-refractivity contribution in [3.63, 3.8) is 0 Å². The van der Waals surface area contributed by atoms with Gasteiger partial charge in [-0.2, -0.15) is 0 Å². The topological polar surface area (TPSA) is 75.7 Å². The summed E-state index contributed by atoms with van der Waals surface area (Å²) in [4.78, 5) is 39.8. The van der Waals surface area contributed by atoms with Gasteiger partial charge in [0.15, 0.2) is 5.78 Å². The van der Waals surface area contributed by atoms with Gasteiger partial charge in [0.05, 0.1) is 13.0 Å². The maximum absolute atomic E-state index is 13.5. The van der Waals surface area contributed by atoms with Gasteiger partial charge in [0.2, 0.25) is 11.8 Å². The molecule has 1 saturated heterocycles. The Kier molecular flexibility index (Phi) is 7.57. The summed E-state index contributed by atoms with van der Waals surface area (Å²) in [5, 5.41) is 2.76. The van der Waals surface area contributed by atoms with E-state index in [1.54, 1.807) is 26.3 Å². The molecular weight excluding hydrogens is 416 g/mol. The summed E-state index contributed by atoms with van der Waals surface area (Å²) in [5.41, 5.74) is 2.90. The van der Waals surface area contributed by atoms with Gasteiger partial charge in [0.1, 0.15) is 11.8 Å². The molecule has 2 aromatic carbocycles. The summed E-state index contributed by atoms with van der Waals surface area (Å²) in [7, 11) is 3.26. The fraction of sp³-hybridized carbons (Fsp3) is 0.444. The van der Waals surface area contributed by atoms with Crippen LogP contribution in [0.2, 0.25) is 0 Å². The first-order valence-electron chi connectivity index (χ1n) is 11.4. The zero-order valence-electron chi connectivity index (χ0n) is 20.2. The molecular formula is C27H34N2O4. The van der Waals surface area contributed by atoms with E-state index >= 15 is 0 Å². The van der Waals surface area contributed by atoms with Crippen molar-refractivity contribution < 1.29 is 19.1 Å². The molecule has 6 nitrogen and oxygen atoms in total. The molecule has 0 radical (unpaired) electrons. The molecule has 0 spiro atoms. The number of benzene rings is 2. The van der Waals surface area contributed by atoms with E-state index in [-0.39, 0.29) is 35.4 Å². The van der Waals surface area contributed by atoms with Crippen molar-refractivity contribution in [3.05, 3.63) is 65.2 Å². The molecule has 6 heteroatoms. The second-order valence-electron chi connectivity index (χ2n) is 9.75. The highest BCUT2D eigenvalue weighted by Gasteiger charge is 2.34. The Labute approximate surface area is 196 Å². The summed E-state index contributed by atoms with van der Waals surface area (Å²) in [5.74, 6) is 0.133. The van der Waals surface area contributed by atoms with Crippen LogP contribution in [0.3, 0.4) is 0 Å². The quantitative estimate of drug-likeness (QED) is 0.696. The highest BCUT2D eigenvalue weighted by atomic mass is 16.5. The third-order valence-electron chi connectivity index (χ3n) is 6.28. The standard InChI is InChI=1S/C27H34N2O4/c1-27(2,3)21-11-6-18(7-12-21)16-23(30)25(19-8-13-22(33-5)14-9-19)29(4)26(32)20-10-15-24(31)28-17-20/h6-9,11-14,20,25H,10,15-17H2,1-5H3,(H,28,31). The summed E-state index contributed by atoms with van der Waals surface area (Å²) >= 11 is 0. The second-order valence-corrected chi connectivity index (χ2v) is 9.75. The van der Waals surface area contributed by atoms with Gasteiger partial charge in [-0.25, -0.2) is 0 Å². The third-order valence-corrected chi connectivity index (χ3v) is 6.28. The van der Waals surface area contributed by atoms with Crippen LogP contribution >= 0.6 is 0 Å². The van der Waals surface area contributed by atoms with Crippen LogP contribution in [0, 0.1) is 5.92 Å². The Morgan fingerprint density at radius 3 is 2.24 bits per heavy atom. The van der Waals surface area contributed by atoms with Gasteiger partial charge < -0.3 is 15.0 Å². The second kappa shape index (κ2) is 10.2. The molecule has 0 aliphatic carbocycles. The van der Waals surface area contributed by atoms with Gasteiger partial charge in [-0.15, -0.1) is 0 Å². The molecule has 0 aromatic heterocycles. The largest absolute Gasteiger partial charge is 0.497 e. The van der Waals surface area contributed by atoms with Gasteiger partial charge in [-0.3, -0.25) is 14.4 Å². The minimum absolute atomic E-state index is 0.0379. The number of piperidine rings is 1. The molecule has 2 amide bonds. The Morgan fingerprint density at radius 1 is 1.09 bits per heavy atom. The first-order valence-corrected chi connectivity index (χ1v) is 11.4. The van der Waals surface area contributed by atoms with E-state index in [1.807, 2.05) is 24.3 Å². The number of nitrogens with zero attached hydrogens (tertiary/aromatic N) is 1. The number of ketones is 1. The van der Waals surface area contributed by atoms with Gasteiger partial charge in [0.25, 0.3) is 0 Å². The minimum atomic E-state index is -0.719. The van der Waals surface area contributed by atoms with Gasteiger partial charge in [-0.05, 0) is 40.7 Å². The number of amides is 2. The molecule has 1 heterocycles. The fourth-order valence-electron chi connectivity index (χ4n) is 4.19. The van der Waals surface area contributed by atoms with E-state index in [1.165, 1.54) is 10.5 Å². The average Bonchev–Trinajstić information content (AvgIpc) is 2.79. The highest BCUT2D eigenvalue weighted by molar-refractivity contribution is 5.92. The Morgan fingerprint density at radius 2 is 1.73 bits per heavy atom. The van der Waals surface area contributed by atoms with Crippen LogP contribution in [-0.2, 0) is 26.2 Å². The Balaban J connectivity index is 1.85. The first-order chi connectivity index (χ1) is 15.6. The summed E-state index contributed by atoms with van der Waals surface area (Å²) in [6.07, 6.45) is 1.04. The van der Waals surface area contributed by atoms with Crippen LogP contribution in [-0.4, -0.2) is 43.2 Å². The minimum Gasteiger partial charge on any atom is -0.497 e. The zero-order valence-corrected chi connectivity index (χ0v) is 20.2. The number of hydrogen-bond acceptors (Lipinski definition) is 4. The average molecular weight is 451 g/mol. The fourth-order valence-corrected chi connectivity index (χ4v) is 4.19. The van der Waals surface area contributed by atoms with Crippen LogP contribution in [0.15, 0.2) is 48.5 Å². The van der Waals surface area contributed by atoms with Crippen molar-refractivity contribution in [1.82, 2.24) is 10.2 Å². The number of carbonyl (C=O) groups excluding carboxylic acids is 3. The van der Waals surface area contributed by atoms with Crippen LogP contribution in [0.25, 0.3) is 0 Å². The van der Waals surface area contributed by atoms with Crippen molar-refractivity contribution >= 4 is 17.6 Å². The van der Waals surface area contributed by atoms with Crippen LogP contribution in [0.4, 0.5) is 0 Å². The summed E-state index contributed by atoms with van der Waals surface area (Å²) in [6, 6.07) is 14.6. The van der Waals surface area contributed by atoms with E-state index in [0.717, 1.165) is 11.1 Å².